The molecule has 0 spiro atoms. The number of rotatable bonds is 4. The Morgan fingerprint density at radius 3 is 2.60 bits per heavy atom. The molecule has 5 nitrogen and oxygen atoms in total. The van der Waals surface area contributed by atoms with Crippen molar-refractivity contribution in [3.8, 4) is 11.7 Å². The predicted octanol–water partition coefficient (Wildman–Crippen LogP) is 3.59. The molecule has 1 aromatic carbocycles. The van der Waals surface area contributed by atoms with Gasteiger partial charge in [-0.25, -0.2) is 0 Å². The van der Waals surface area contributed by atoms with Crippen LogP contribution < -0.4 is 10.1 Å². The van der Waals surface area contributed by atoms with Crippen molar-refractivity contribution < 1.29 is 13.9 Å². The van der Waals surface area contributed by atoms with E-state index in [1.165, 1.54) is 25.9 Å². The van der Waals surface area contributed by atoms with Crippen molar-refractivity contribution in [3.05, 3.63) is 47.7 Å². The summed E-state index contributed by atoms with van der Waals surface area (Å²) >= 11 is 0. The molecule has 1 N–H and O–H groups in total. The predicted molar refractivity (Wildman–Crippen MR) is 95.0 cm³/mol. The molecule has 3 aliphatic heterocycles. The molecule has 1 atom stereocenters. The van der Waals surface area contributed by atoms with Crippen molar-refractivity contribution in [1.82, 2.24) is 10.2 Å². The van der Waals surface area contributed by atoms with E-state index in [2.05, 4.69) is 10.2 Å². The van der Waals surface area contributed by atoms with E-state index in [1.54, 1.807) is 30.3 Å². The lowest BCUT2D eigenvalue weighted by atomic mass is 9.94. The van der Waals surface area contributed by atoms with Gasteiger partial charge >= 0.3 is 0 Å². The lowest BCUT2D eigenvalue weighted by Gasteiger charge is -2.26. The Labute approximate surface area is 148 Å². The van der Waals surface area contributed by atoms with E-state index >= 15 is 0 Å². The molecule has 3 fully saturated rings. The smallest absolute Gasteiger partial charge is 0.290 e. The Morgan fingerprint density at radius 1 is 1.16 bits per heavy atom. The van der Waals surface area contributed by atoms with Crippen LogP contribution in [0.15, 0.2) is 40.8 Å². The topological polar surface area (TPSA) is 54.7 Å². The minimum Gasteiger partial charge on any atom is -0.431 e. The molecule has 3 aliphatic rings. The third kappa shape index (κ3) is 3.87. The molecule has 1 aromatic heterocycles. The highest BCUT2D eigenvalue weighted by Crippen LogP contribution is 2.27. The fourth-order valence-corrected chi connectivity index (χ4v) is 3.82. The van der Waals surface area contributed by atoms with Gasteiger partial charge in [-0.05, 0) is 75.5 Å². The Hall–Kier alpha value is -2.27. The number of carbonyl (C=O) groups is 1. The van der Waals surface area contributed by atoms with E-state index in [0.717, 1.165) is 24.6 Å². The quantitative estimate of drug-likeness (QED) is 0.924. The molecule has 2 bridgehead atoms. The number of nitrogens with zero attached hydrogens (tertiary/aromatic N) is 1. The summed E-state index contributed by atoms with van der Waals surface area (Å²) in [5.41, 5.74) is 0.662. The second-order valence-corrected chi connectivity index (χ2v) is 7.14. The molecule has 132 valence electrons. The minimum atomic E-state index is -0.00658. The fraction of sp³-hybridized carbons (Fsp3) is 0.450. The summed E-state index contributed by atoms with van der Waals surface area (Å²) in [7, 11) is 0. The number of nitrogens with one attached hydrogen (secondary N) is 1. The summed E-state index contributed by atoms with van der Waals surface area (Å²) in [4.78, 5) is 15.0. The van der Waals surface area contributed by atoms with Gasteiger partial charge in [-0.15, -0.1) is 0 Å². The number of hydrogen-bond acceptors (Lipinski definition) is 4. The first-order valence-electron chi connectivity index (χ1n) is 9.03. The number of benzene rings is 1. The van der Waals surface area contributed by atoms with Gasteiger partial charge in [0.05, 0.1) is 0 Å². The molecule has 1 unspecified atom stereocenters. The second-order valence-electron chi connectivity index (χ2n) is 7.14. The molecule has 0 radical (unpaired) electrons. The molecule has 0 aliphatic carbocycles. The Kier molecular flexibility index (Phi) is 4.49. The summed E-state index contributed by atoms with van der Waals surface area (Å²) < 4.78 is 11.0. The normalized spacial score (nSPS) is 25.4. The SMILES string of the molecule is Cc1ccc(Oc2ccc(C(=O)NC3CC4CCN(CC4)C3)cc2)o1. The third-order valence-corrected chi connectivity index (χ3v) is 5.19. The zero-order valence-electron chi connectivity index (χ0n) is 14.5. The molecule has 1 amide bonds. The average Bonchev–Trinajstić information content (AvgIpc) is 2.81. The maximum Gasteiger partial charge on any atom is 0.290 e. The monoisotopic (exact) mass is 340 g/mol. The summed E-state index contributed by atoms with van der Waals surface area (Å²) in [5, 5.41) is 3.21. The van der Waals surface area contributed by atoms with Crippen LogP contribution in [0.4, 0.5) is 0 Å². The maximum absolute atomic E-state index is 12.5. The van der Waals surface area contributed by atoms with Gasteiger partial charge in [0.15, 0.2) is 0 Å². The Bertz CT molecular complexity index is 716. The van der Waals surface area contributed by atoms with Crippen LogP contribution in [0.1, 0.15) is 35.4 Å². The van der Waals surface area contributed by atoms with Crippen molar-refractivity contribution in [2.45, 2.75) is 32.2 Å². The van der Waals surface area contributed by atoms with E-state index < -0.39 is 0 Å². The van der Waals surface area contributed by atoms with Crippen molar-refractivity contribution in [3.63, 3.8) is 0 Å². The number of ether oxygens (including phenoxy) is 1. The van der Waals surface area contributed by atoms with Gasteiger partial charge < -0.3 is 19.4 Å². The molecule has 3 saturated heterocycles. The summed E-state index contributed by atoms with van der Waals surface area (Å²) in [6.45, 7) is 5.20. The van der Waals surface area contributed by atoms with Gasteiger partial charge in [0, 0.05) is 24.2 Å². The van der Waals surface area contributed by atoms with Gasteiger partial charge in [0.25, 0.3) is 11.9 Å². The van der Waals surface area contributed by atoms with Crippen molar-refractivity contribution in [2.75, 3.05) is 19.6 Å². The largest absolute Gasteiger partial charge is 0.431 e. The number of piperidine rings is 1. The third-order valence-electron chi connectivity index (χ3n) is 5.19. The lowest BCUT2D eigenvalue weighted by Crippen LogP contribution is -2.41. The maximum atomic E-state index is 12.5. The molecular formula is C20H24N2O3. The van der Waals surface area contributed by atoms with Crippen molar-refractivity contribution >= 4 is 5.91 Å². The highest BCUT2D eigenvalue weighted by atomic mass is 16.6. The van der Waals surface area contributed by atoms with Gasteiger partial charge in [0.1, 0.15) is 11.5 Å². The summed E-state index contributed by atoms with van der Waals surface area (Å²) in [6.07, 6.45) is 3.64. The highest BCUT2D eigenvalue weighted by Gasteiger charge is 2.29. The number of aryl methyl sites for hydroxylation is 1. The number of fused-ring (bicyclic) bond motifs is 4. The number of amides is 1. The van der Waals surface area contributed by atoms with E-state index in [0.29, 0.717) is 17.3 Å². The molecule has 5 heteroatoms. The fourth-order valence-electron chi connectivity index (χ4n) is 3.82. The average molecular weight is 340 g/mol. The summed E-state index contributed by atoms with van der Waals surface area (Å²) in [6, 6.07) is 11.1. The van der Waals surface area contributed by atoms with Crippen LogP contribution in [-0.2, 0) is 0 Å². The standard InChI is InChI=1S/C20H24N2O3/c1-14-2-7-19(24-14)25-18-5-3-16(4-6-18)20(23)21-17-12-15-8-10-22(13-17)11-9-15/h2-7,15,17H,8-13H2,1H3,(H,21,23). The van der Waals surface area contributed by atoms with Gasteiger partial charge in [-0.3, -0.25) is 4.79 Å². The molecule has 2 aromatic rings. The van der Waals surface area contributed by atoms with Crippen LogP contribution in [0.2, 0.25) is 0 Å². The summed E-state index contributed by atoms with van der Waals surface area (Å²) in [5.74, 6) is 2.67. The molecule has 4 heterocycles. The van der Waals surface area contributed by atoms with Crippen LogP contribution in [0.3, 0.4) is 0 Å². The van der Waals surface area contributed by atoms with Crippen LogP contribution in [0, 0.1) is 12.8 Å². The van der Waals surface area contributed by atoms with E-state index in [1.807, 2.05) is 13.0 Å². The molecule has 0 saturated carbocycles. The first kappa shape index (κ1) is 16.2. The Morgan fingerprint density at radius 2 is 1.92 bits per heavy atom. The second kappa shape index (κ2) is 6.92. The highest BCUT2D eigenvalue weighted by molar-refractivity contribution is 5.94. The van der Waals surface area contributed by atoms with Gasteiger partial charge in [0.2, 0.25) is 0 Å². The number of furan rings is 1. The molecular weight excluding hydrogens is 316 g/mol. The first-order chi connectivity index (χ1) is 12.2. The zero-order valence-corrected chi connectivity index (χ0v) is 14.5. The van der Waals surface area contributed by atoms with Crippen molar-refractivity contribution in [1.29, 1.82) is 0 Å². The lowest BCUT2D eigenvalue weighted by molar-refractivity contribution is 0.0929. The first-order valence-corrected chi connectivity index (χ1v) is 9.03. The number of hydrogen-bond donors (Lipinski definition) is 1. The van der Waals surface area contributed by atoms with Crippen LogP contribution >= 0.6 is 0 Å². The molecule has 5 rings (SSSR count). The van der Waals surface area contributed by atoms with Crippen LogP contribution in [-0.4, -0.2) is 36.5 Å². The van der Waals surface area contributed by atoms with E-state index in [-0.39, 0.29) is 11.9 Å². The molecule has 25 heavy (non-hydrogen) atoms. The van der Waals surface area contributed by atoms with E-state index in [4.69, 9.17) is 9.15 Å². The van der Waals surface area contributed by atoms with Gasteiger partial charge in [-0.2, -0.15) is 0 Å². The van der Waals surface area contributed by atoms with Crippen LogP contribution in [0.25, 0.3) is 0 Å². The Balaban J connectivity index is 1.37. The van der Waals surface area contributed by atoms with Crippen LogP contribution in [0.5, 0.6) is 11.7 Å². The van der Waals surface area contributed by atoms with Crippen molar-refractivity contribution in [2.24, 2.45) is 5.92 Å². The number of carbonyl (C=O) groups excluding carboxylic acids is 1. The minimum absolute atomic E-state index is 0.00658. The van der Waals surface area contributed by atoms with E-state index in [9.17, 15) is 4.79 Å². The zero-order chi connectivity index (χ0) is 17.2. The van der Waals surface area contributed by atoms with Gasteiger partial charge in [-0.1, -0.05) is 0 Å².